The SMILES string of the molecule is COc1cc(N2CCC(COc3ccncc3)C2)ncn1. The van der Waals surface area contributed by atoms with Gasteiger partial charge in [-0.25, -0.2) is 9.97 Å². The van der Waals surface area contributed by atoms with Gasteiger partial charge < -0.3 is 14.4 Å². The van der Waals surface area contributed by atoms with Crippen LogP contribution in [0.25, 0.3) is 0 Å². The summed E-state index contributed by atoms with van der Waals surface area (Å²) in [4.78, 5) is 14.6. The van der Waals surface area contributed by atoms with E-state index in [1.54, 1.807) is 19.5 Å². The molecule has 0 N–H and O–H groups in total. The fourth-order valence-corrected chi connectivity index (χ4v) is 2.44. The highest BCUT2D eigenvalue weighted by Crippen LogP contribution is 2.24. The predicted molar refractivity (Wildman–Crippen MR) is 78.6 cm³/mol. The summed E-state index contributed by atoms with van der Waals surface area (Å²) < 4.78 is 10.9. The van der Waals surface area contributed by atoms with Crippen LogP contribution < -0.4 is 14.4 Å². The minimum atomic E-state index is 0.499. The Hall–Kier alpha value is -2.37. The molecule has 0 spiro atoms. The fourth-order valence-electron chi connectivity index (χ4n) is 2.44. The van der Waals surface area contributed by atoms with Gasteiger partial charge in [0.15, 0.2) is 0 Å². The largest absolute Gasteiger partial charge is 0.493 e. The fraction of sp³-hybridized carbons (Fsp3) is 0.400. The highest BCUT2D eigenvalue weighted by atomic mass is 16.5. The molecule has 1 aliphatic rings. The summed E-state index contributed by atoms with van der Waals surface area (Å²) in [6, 6.07) is 5.62. The molecule has 3 heterocycles. The lowest BCUT2D eigenvalue weighted by Gasteiger charge is -2.17. The minimum Gasteiger partial charge on any atom is -0.493 e. The van der Waals surface area contributed by atoms with Gasteiger partial charge in [0.25, 0.3) is 0 Å². The van der Waals surface area contributed by atoms with Crippen molar-refractivity contribution in [2.45, 2.75) is 6.42 Å². The second-order valence-corrected chi connectivity index (χ2v) is 5.01. The molecule has 0 bridgehead atoms. The first-order valence-corrected chi connectivity index (χ1v) is 6.99. The first kappa shape index (κ1) is 13.6. The van der Waals surface area contributed by atoms with E-state index < -0.39 is 0 Å². The zero-order valence-corrected chi connectivity index (χ0v) is 12.0. The maximum Gasteiger partial charge on any atom is 0.218 e. The van der Waals surface area contributed by atoms with E-state index in [0.29, 0.717) is 18.4 Å². The molecule has 0 aromatic carbocycles. The van der Waals surface area contributed by atoms with Gasteiger partial charge in [0.1, 0.15) is 17.9 Å². The quantitative estimate of drug-likeness (QED) is 0.835. The lowest BCUT2D eigenvalue weighted by Crippen LogP contribution is -2.22. The third-order valence-electron chi connectivity index (χ3n) is 3.58. The number of ether oxygens (including phenoxy) is 2. The minimum absolute atomic E-state index is 0.499. The Morgan fingerprint density at radius 3 is 2.95 bits per heavy atom. The Balaban J connectivity index is 1.55. The number of pyridine rings is 1. The van der Waals surface area contributed by atoms with Crippen molar-refractivity contribution in [3.8, 4) is 11.6 Å². The standard InChI is InChI=1S/C15H18N4O2/c1-20-15-8-14(17-11-18-15)19-7-4-12(9-19)10-21-13-2-5-16-6-3-13/h2-3,5-6,8,11-12H,4,7,9-10H2,1H3. The lowest BCUT2D eigenvalue weighted by atomic mass is 10.1. The van der Waals surface area contributed by atoms with Crippen LogP contribution in [0, 0.1) is 5.92 Å². The predicted octanol–water partition coefficient (Wildman–Crippen LogP) is 1.79. The average molecular weight is 286 g/mol. The Morgan fingerprint density at radius 2 is 2.14 bits per heavy atom. The van der Waals surface area contributed by atoms with Gasteiger partial charge in [-0.3, -0.25) is 4.98 Å². The number of nitrogens with zero attached hydrogens (tertiary/aromatic N) is 4. The van der Waals surface area contributed by atoms with Crippen molar-refractivity contribution in [1.29, 1.82) is 0 Å². The molecular formula is C15H18N4O2. The number of anilines is 1. The zero-order chi connectivity index (χ0) is 14.5. The number of hydrogen-bond acceptors (Lipinski definition) is 6. The van der Waals surface area contributed by atoms with Crippen LogP contribution >= 0.6 is 0 Å². The van der Waals surface area contributed by atoms with Gasteiger partial charge in [-0.05, 0) is 18.6 Å². The molecular weight excluding hydrogens is 268 g/mol. The Labute approximate surface area is 123 Å². The summed E-state index contributed by atoms with van der Waals surface area (Å²) in [6.07, 6.45) is 6.11. The van der Waals surface area contributed by atoms with Gasteiger partial charge in [0.05, 0.1) is 13.7 Å². The molecule has 0 aliphatic carbocycles. The van der Waals surface area contributed by atoms with Crippen LogP contribution in [0.5, 0.6) is 11.6 Å². The van der Waals surface area contributed by atoms with Crippen LogP contribution in [0.15, 0.2) is 36.9 Å². The highest BCUT2D eigenvalue weighted by Gasteiger charge is 2.24. The molecule has 2 aromatic rings. The molecule has 0 amide bonds. The summed E-state index contributed by atoms with van der Waals surface area (Å²) >= 11 is 0. The van der Waals surface area contributed by atoms with E-state index in [1.807, 2.05) is 18.2 Å². The summed E-state index contributed by atoms with van der Waals surface area (Å²) in [6.45, 7) is 2.62. The number of methoxy groups -OCH3 is 1. The topological polar surface area (TPSA) is 60.4 Å². The third-order valence-corrected chi connectivity index (χ3v) is 3.58. The van der Waals surface area contributed by atoms with Gasteiger partial charge in [0, 0.05) is 37.5 Å². The van der Waals surface area contributed by atoms with Crippen molar-refractivity contribution in [2.75, 3.05) is 31.7 Å². The molecule has 1 aliphatic heterocycles. The van der Waals surface area contributed by atoms with E-state index in [0.717, 1.165) is 31.1 Å². The van der Waals surface area contributed by atoms with Crippen molar-refractivity contribution in [3.63, 3.8) is 0 Å². The summed E-state index contributed by atoms with van der Waals surface area (Å²) in [5.41, 5.74) is 0. The monoisotopic (exact) mass is 286 g/mol. The summed E-state index contributed by atoms with van der Waals surface area (Å²) in [7, 11) is 1.61. The molecule has 1 unspecified atom stereocenters. The van der Waals surface area contributed by atoms with Crippen LogP contribution in [-0.2, 0) is 0 Å². The first-order chi connectivity index (χ1) is 10.3. The summed E-state index contributed by atoms with van der Waals surface area (Å²) in [5.74, 6) is 2.87. The van der Waals surface area contributed by atoms with E-state index >= 15 is 0 Å². The zero-order valence-electron chi connectivity index (χ0n) is 12.0. The molecule has 6 heteroatoms. The molecule has 6 nitrogen and oxygen atoms in total. The molecule has 1 saturated heterocycles. The van der Waals surface area contributed by atoms with Gasteiger partial charge in [-0.15, -0.1) is 0 Å². The van der Waals surface area contributed by atoms with Gasteiger partial charge >= 0.3 is 0 Å². The van der Waals surface area contributed by atoms with Crippen molar-refractivity contribution in [2.24, 2.45) is 5.92 Å². The van der Waals surface area contributed by atoms with Crippen molar-refractivity contribution in [3.05, 3.63) is 36.9 Å². The average Bonchev–Trinajstić information content (AvgIpc) is 3.03. The van der Waals surface area contributed by atoms with E-state index in [9.17, 15) is 0 Å². The number of rotatable bonds is 5. The van der Waals surface area contributed by atoms with Crippen LogP contribution in [0.1, 0.15) is 6.42 Å². The Bertz CT molecular complexity index is 579. The Kier molecular flexibility index (Phi) is 4.14. The molecule has 110 valence electrons. The van der Waals surface area contributed by atoms with E-state index in [-0.39, 0.29) is 0 Å². The van der Waals surface area contributed by atoms with Crippen molar-refractivity contribution >= 4 is 5.82 Å². The third kappa shape index (κ3) is 3.39. The molecule has 21 heavy (non-hydrogen) atoms. The second-order valence-electron chi connectivity index (χ2n) is 5.01. The highest BCUT2D eigenvalue weighted by molar-refractivity contribution is 5.41. The van der Waals surface area contributed by atoms with Crippen LogP contribution in [0.2, 0.25) is 0 Å². The van der Waals surface area contributed by atoms with E-state index in [4.69, 9.17) is 9.47 Å². The van der Waals surface area contributed by atoms with Crippen molar-refractivity contribution < 1.29 is 9.47 Å². The first-order valence-electron chi connectivity index (χ1n) is 6.99. The second kappa shape index (κ2) is 6.39. The maximum atomic E-state index is 5.79. The normalized spacial score (nSPS) is 17.8. The lowest BCUT2D eigenvalue weighted by molar-refractivity contribution is 0.261. The number of hydrogen-bond donors (Lipinski definition) is 0. The number of aromatic nitrogens is 3. The Morgan fingerprint density at radius 1 is 1.29 bits per heavy atom. The van der Waals surface area contributed by atoms with Crippen LogP contribution in [0.3, 0.4) is 0 Å². The molecule has 3 rings (SSSR count). The molecule has 0 radical (unpaired) electrons. The van der Waals surface area contributed by atoms with Crippen LogP contribution in [0.4, 0.5) is 5.82 Å². The van der Waals surface area contributed by atoms with Gasteiger partial charge in [0.2, 0.25) is 5.88 Å². The van der Waals surface area contributed by atoms with Gasteiger partial charge in [-0.2, -0.15) is 0 Å². The van der Waals surface area contributed by atoms with Crippen LogP contribution in [-0.4, -0.2) is 41.8 Å². The maximum absolute atomic E-state index is 5.79. The molecule has 2 aromatic heterocycles. The smallest absolute Gasteiger partial charge is 0.218 e. The summed E-state index contributed by atoms with van der Waals surface area (Å²) in [5, 5.41) is 0. The molecule has 1 fully saturated rings. The van der Waals surface area contributed by atoms with E-state index in [2.05, 4.69) is 19.9 Å². The van der Waals surface area contributed by atoms with Gasteiger partial charge in [-0.1, -0.05) is 0 Å². The van der Waals surface area contributed by atoms with Crippen molar-refractivity contribution in [1.82, 2.24) is 15.0 Å². The molecule has 1 atom stereocenters. The van der Waals surface area contributed by atoms with E-state index in [1.165, 1.54) is 6.33 Å². The molecule has 0 saturated carbocycles.